The predicted molar refractivity (Wildman–Crippen MR) is 69.1 cm³/mol. The fraction of sp³-hybridized carbons (Fsp3) is 0.462. The van der Waals surface area contributed by atoms with Gasteiger partial charge in [0.1, 0.15) is 5.25 Å². The van der Waals surface area contributed by atoms with Gasteiger partial charge in [-0.1, -0.05) is 29.8 Å². The molecule has 0 fully saturated rings. The second-order valence-corrected chi connectivity index (χ2v) is 5.67. The van der Waals surface area contributed by atoms with E-state index in [9.17, 15) is 9.00 Å². The first kappa shape index (κ1) is 13.9. The monoisotopic (exact) mass is 254 g/mol. The van der Waals surface area contributed by atoms with Crippen LogP contribution in [0.5, 0.6) is 0 Å². The Balaban J connectivity index is 2.63. The van der Waals surface area contributed by atoms with Crippen LogP contribution in [0.1, 0.15) is 25.0 Å². The van der Waals surface area contributed by atoms with E-state index in [0.29, 0.717) is 12.4 Å². The van der Waals surface area contributed by atoms with Crippen molar-refractivity contribution >= 4 is 16.8 Å². The molecule has 0 aliphatic carbocycles. The summed E-state index contributed by atoms with van der Waals surface area (Å²) >= 11 is 0. The fourth-order valence-corrected chi connectivity index (χ4v) is 2.50. The van der Waals surface area contributed by atoms with Gasteiger partial charge >= 0.3 is 5.97 Å². The lowest BCUT2D eigenvalue weighted by Crippen LogP contribution is -2.25. The molecule has 0 aliphatic heterocycles. The minimum Gasteiger partial charge on any atom is -0.465 e. The van der Waals surface area contributed by atoms with Gasteiger partial charge < -0.3 is 4.74 Å². The van der Waals surface area contributed by atoms with Crippen LogP contribution in [0.25, 0.3) is 0 Å². The molecule has 1 aromatic carbocycles. The maximum Gasteiger partial charge on any atom is 0.321 e. The summed E-state index contributed by atoms with van der Waals surface area (Å²) in [5, 5.41) is -0.574. The summed E-state index contributed by atoms with van der Waals surface area (Å²) in [5.74, 6) is 0.000246. The van der Waals surface area contributed by atoms with Crippen LogP contribution in [0.3, 0.4) is 0 Å². The number of benzene rings is 1. The summed E-state index contributed by atoms with van der Waals surface area (Å²) in [7, 11) is -1.23. The molecular weight excluding hydrogens is 236 g/mol. The number of esters is 1. The average Bonchev–Trinajstić information content (AvgIpc) is 2.28. The molecule has 0 aliphatic rings. The van der Waals surface area contributed by atoms with E-state index in [-0.39, 0.29) is 0 Å². The summed E-state index contributed by atoms with van der Waals surface area (Å²) in [4.78, 5) is 11.4. The Hall–Kier alpha value is -1.16. The number of carbonyl (C=O) groups excluding carboxylic acids is 1. The summed E-state index contributed by atoms with van der Waals surface area (Å²) in [6, 6.07) is 7.82. The van der Waals surface area contributed by atoms with Crippen molar-refractivity contribution in [3.05, 3.63) is 35.4 Å². The number of aryl methyl sites for hydroxylation is 1. The largest absolute Gasteiger partial charge is 0.465 e. The topological polar surface area (TPSA) is 43.4 Å². The molecule has 1 aromatic rings. The van der Waals surface area contributed by atoms with Gasteiger partial charge in [0.15, 0.2) is 0 Å². The van der Waals surface area contributed by atoms with Crippen molar-refractivity contribution in [2.75, 3.05) is 6.61 Å². The van der Waals surface area contributed by atoms with Crippen LogP contribution in [-0.4, -0.2) is 22.0 Å². The highest BCUT2D eigenvalue weighted by Gasteiger charge is 2.21. The van der Waals surface area contributed by atoms with E-state index in [4.69, 9.17) is 4.74 Å². The predicted octanol–water partition coefficient (Wildman–Crippen LogP) is 2.20. The first-order valence-electron chi connectivity index (χ1n) is 5.64. The minimum absolute atomic E-state index is 0.324. The zero-order chi connectivity index (χ0) is 12.8. The summed E-state index contributed by atoms with van der Waals surface area (Å²) < 4.78 is 16.8. The van der Waals surface area contributed by atoms with Crippen LogP contribution < -0.4 is 0 Å². The third-order valence-electron chi connectivity index (χ3n) is 2.40. The smallest absolute Gasteiger partial charge is 0.321 e. The van der Waals surface area contributed by atoms with Gasteiger partial charge in [-0.05, 0) is 26.3 Å². The molecule has 0 radical (unpaired) electrons. The van der Waals surface area contributed by atoms with Crippen molar-refractivity contribution in [1.29, 1.82) is 0 Å². The minimum atomic E-state index is -1.23. The highest BCUT2D eigenvalue weighted by molar-refractivity contribution is 7.85. The Bertz CT molecular complexity index is 415. The summed E-state index contributed by atoms with van der Waals surface area (Å²) in [6.45, 7) is 5.70. The van der Waals surface area contributed by atoms with Gasteiger partial charge in [-0.15, -0.1) is 0 Å². The van der Waals surface area contributed by atoms with Crippen molar-refractivity contribution in [1.82, 2.24) is 0 Å². The van der Waals surface area contributed by atoms with Crippen molar-refractivity contribution in [3.63, 3.8) is 0 Å². The van der Waals surface area contributed by atoms with Gasteiger partial charge in [-0.25, -0.2) is 0 Å². The SMILES string of the molecule is CCOC(=O)C(C)S(=O)Cc1cccc(C)c1. The second kappa shape index (κ2) is 6.55. The van der Waals surface area contributed by atoms with Crippen molar-refractivity contribution in [3.8, 4) is 0 Å². The van der Waals surface area contributed by atoms with E-state index in [0.717, 1.165) is 11.1 Å². The Morgan fingerprint density at radius 1 is 1.47 bits per heavy atom. The van der Waals surface area contributed by atoms with Crippen LogP contribution in [0.2, 0.25) is 0 Å². The average molecular weight is 254 g/mol. The lowest BCUT2D eigenvalue weighted by Gasteiger charge is -2.10. The Morgan fingerprint density at radius 3 is 2.76 bits per heavy atom. The molecule has 4 heteroatoms. The molecule has 0 spiro atoms. The van der Waals surface area contributed by atoms with Crippen LogP contribution in [-0.2, 0) is 26.1 Å². The number of ether oxygens (including phenoxy) is 1. The van der Waals surface area contributed by atoms with Crippen LogP contribution in [0, 0.1) is 6.92 Å². The molecule has 0 N–H and O–H groups in total. The van der Waals surface area contributed by atoms with E-state index in [1.807, 2.05) is 31.2 Å². The van der Waals surface area contributed by atoms with Crippen molar-refractivity contribution < 1.29 is 13.7 Å². The van der Waals surface area contributed by atoms with Gasteiger partial charge in [0.2, 0.25) is 0 Å². The molecule has 0 saturated heterocycles. The molecule has 0 bridgehead atoms. The van der Waals surface area contributed by atoms with Gasteiger partial charge in [-0.3, -0.25) is 9.00 Å². The third kappa shape index (κ3) is 4.30. The molecule has 2 unspecified atom stereocenters. The molecule has 94 valence electrons. The van der Waals surface area contributed by atoms with Gasteiger partial charge in [-0.2, -0.15) is 0 Å². The zero-order valence-corrected chi connectivity index (χ0v) is 11.3. The van der Waals surface area contributed by atoms with Crippen LogP contribution >= 0.6 is 0 Å². The molecule has 3 nitrogen and oxygen atoms in total. The number of carbonyl (C=O) groups is 1. The molecule has 17 heavy (non-hydrogen) atoms. The van der Waals surface area contributed by atoms with Crippen molar-refractivity contribution in [2.24, 2.45) is 0 Å². The number of rotatable bonds is 5. The molecule has 0 aromatic heterocycles. The maximum atomic E-state index is 12.0. The molecular formula is C13H18O3S. The molecule has 1 rings (SSSR count). The molecule has 2 atom stereocenters. The highest BCUT2D eigenvalue weighted by Crippen LogP contribution is 2.10. The Morgan fingerprint density at radius 2 is 2.18 bits per heavy atom. The molecule has 0 saturated carbocycles. The second-order valence-electron chi connectivity index (χ2n) is 3.91. The Kier molecular flexibility index (Phi) is 5.35. The first-order valence-corrected chi connectivity index (χ1v) is 7.02. The first-order chi connectivity index (χ1) is 8.04. The third-order valence-corrected chi connectivity index (χ3v) is 4.00. The van der Waals surface area contributed by atoms with Gasteiger partial charge in [0.25, 0.3) is 0 Å². The maximum absolute atomic E-state index is 12.0. The fourth-order valence-electron chi connectivity index (χ4n) is 1.46. The Labute approximate surface area is 105 Å². The highest BCUT2D eigenvalue weighted by atomic mass is 32.2. The van der Waals surface area contributed by atoms with Crippen LogP contribution in [0.15, 0.2) is 24.3 Å². The number of hydrogen-bond donors (Lipinski definition) is 0. The molecule has 0 amide bonds. The summed E-state index contributed by atoms with van der Waals surface area (Å²) in [5.41, 5.74) is 2.11. The number of hydrogen-bond acceptors (Lipinski definition) is 3. The summed E-state index contributed by atoms with van der Waals surface area (Å²) in [6.07, 6.45) is 0. The molecule has 0 heterocycles. The van der Waals surface area contributed by atoms with Crippen molar-refractivity contribution in [2.45, 2.75) is 31.8 Å². The lowest BCUT2D eigenvalue weighted by molar-refractivity contribution is -0.142. The quantitative estimate of drug-likeness (QED) is 0.757. The standard InChI is InChI=1S/C13H18O3S/c1-4-16-13(14)11(3)17(15)9-12-7-5-6-10(2)8-12/h5-8,11H,4,9H2,1-3H3. The zero-order valence-electron chi connectivity index (χ0n) is 10.4. The van der Waals surface area contributed by atoms with Gasteiger partial charge in [0.05, 0.1) is 6.61 Å². The van der Waals surface area contributed by atoms with E-state index in [1.165, 1.54) is 0 Å². The van der Waals surface area contributed by atoms with Crippen LogP contribution in [0.4, 0.5) is 0 Å². The normalized spacial score (nSPS) is 14.1. The van der Waals surface area contributed by atoms with E-state index >= 15 is 0 Å². The van der Waals surface area contributed by atoms with Gasteiger partial charge in [0, 0.05) is 16.6 Å². The van der Waals surface area contributed by atoms with E-state index < -0.39 is 22.0 Å². The lowest BCUT2D eigenvalue weighted by atomic mass is 10.2. The van der Waals surface area contributed by atoms with E-state index in [1.54, 1.807) is 13.8 Å². The van der Waals surface area contributed by atoms with E-state index in [2.05, 4.69) is 0 Å².